The van der Waals surface area contributed by atoms with Gasteiger partial charge in [-0.05, 0) is 49.6 Å². The SMILES string of the molecule is COc1ccccc1CNC(=O)[C@@H]1CCCN(c2ccc(=O)n(-c3ccc(C)c(Cl)c3)n2)C1. The number of carbonyl (C=O) groups excluding carboxylic acids is 1. The van der Waals surface area contributed by atoms with Gasteiger partial charge in [0.05, 0.1) is 18.7 Å². The molecular formula is C25H27ClN4O3. The minimum absolute atomic E-state index is 0.00393. The predicted octanol–water partition coefficient (Wildman–Crippen LogP) is 3.74. The van der Waals surface area contributed by atoms with Gasteiger partial charge in [0.25, 0.3) is 5.56 Å². The van der Waals surface area contributed by atoms with Crippen LogP contribution < -0.4 is 20.5 Å². The third-order valence-electron chi connectivity index (χ3n) is 5.95. The van der Waals surface area contributed by atoms with Crippen LogP contribution in [0.25, 0.3) is 5.69 Å². The third-order valence-corrected chi connectivity index (χ3v) is 6.36. The summed E-state index contributed by atoms with van der Waals surface area (Å²) in [5.41, 5.74) is 2.25. The summed E-state index contributed by atoms with van der Waals surface area (Å²) in [5.74, 6) is 1.26. The van der Waals surface area contributed by atoms with Crippen LogP contribution in [-0.4, -0.2) is 35.9 Å². The Morgan fingerprint density at radius 3 is 2.82 bits per heavy atom. The molecule has 0 radical (unpaired) electrons. The second-order valence-corrected chi connectivity index (χ2v) is 8.60. The Bertz CT molecular complexity index is 1210. The molecule has 1 amide bonds. The molecule has 7 nitrogen and oxygen atoms in total. The van der Waals surface area contributed by atoms with Crippen LogP contribution in [0.5, 0.6) is 5.75 Å². The highest BCUT2D eigenvalue weighted by molar-refractivity contribution is 6.31. The molecule has 1 atom stereocenters. The fourth-order valence-corrected chi connectivity index (χ4v) is 4.22. The molecule has 4 rings (SSSR count). The second kappa shape index (κ2) is 10.1. The number of anilines is 1. The monoisotopic (exact) mass is 466 g/mol. The summed E-state index contributed by atoms with van der Waals surface area (Å²) in [4.78, 5) is 27.4. The molecule has 2 heterocycles. The number of aryl methyl sites for hydroxylation is 1. The second-order valence-electron chi connectivity index (χ2n) is 8.19. The molecule has 3 aromatic rings. The van der Waals surface area contributed by atoms with E-state index in [-0.39, 0.29) is 17.4 Å². The molecule has 1 fully saturated rings. The maximum atomic E-state index is 12.9. The first-order valence-corrected chi connectivity index (χ1v) is 11.4. The first kappa shape index (κ1) is 22.9. The maximum Gasteiger partial charge on any atom is 0.271 e. The molecule has 0 saturated carbocycles. The van der Waals surface area contributed by atoms with E-state index in [9.17, 15) is 9.59 Å². The number of hydrogen-bond acceptors (Lipinski definition) is 5. The maximum absolute atomic E-state index is 12.9. The van der Waals surface area contributed by atoms with Gasteiger partial charge in [-0.15, -0.1) is 5.10 Å². The Balaban J connectivity index is 1.47. The van der Waals surface area contributed by atoms with Crippen molar-refractivity contribution >= 4 is 23.3 Å². The van der Waals surface area contributed by atoms with Crippen LogP contribution in [0.3, 0.4) is 0 Å². The van der Waals surface area contributed by atoms with Crippen molar-refractivity contribution in [2.24, 2.45) is 5.92 Å². The van der Waals surface area contributed by atoms with Crippen LogP contribution in [0.2, 0.25) is 5.02 Å². The number of nitrogens with zero attached hydrogens (tertiary/aromatic N) is 3. The molecule has 1 aliphatic rings. The number of rotatable bonds is 6. The molecule has 0 unspecified atom stereocenters. The number of para-hydroxylation sites is 1. The van der Waals surface area contributed by atoms with Crippen molar-refractivity contribution < 1.29 is 9.53 Å². The number of methoxy groups -OCH3 is 1. The molecule has 2 aromatic carbocycles. The number of amides is 1. The van der Waals surface area contributed by atoms with Gasteiger partial charge < -0.3 is 15.0 Å². The molecule has 1 N–H and O–H groups in total. The van der Waals surface area contributed by atoms with Crippen molar-refractivity contribution in [2.75, 3.05) is 25.1 Å². The summed E-state index contributed by atoms with van der Waals surface area (Å²) in [6.07, 6.45) is 1.67. The first-order valence-electron chi connectivity index (χ1n) is 11.0. The Morgan fingerprint density at radius 1 is 1.21 bits per heavy atom. The van der Waals surface area contributed by atoms with Crippen LogP contribution in [0, 0.1) is 12.8 Å². The fourth-order valence-electron chi connectivity index (χ4n) is 4.04. The summed E-state index contributed by atoms with van der Waals surface area (Å²) in [7, 11) is 1.62. The number of nitrogens with one attached hydrogen (secondary N) is 1. The van der Waals surface area contributed by atoms with Crippen molar-refractivity contribution in [2.45, 2.75) is 26.3 Å². The van der Waals surface area contributed by atoms with E-state index in [2.05, 4.69) is 15.3 Å². The van der Waals surface area contributed by atoms with Gasteiger partial charge >= 0.3 is 0 Å². The van der Waals surface area contributed by atoms with Crippen LogP contribution in [0.15, 0.2) is 59.4 Å². The highest BCUT2D eigenvalue weighted by Gasteiger charge is 2.27. The van der Waals surface area contributed by atoms with E-state index >= 15 is 0 Å². The van der Waals surface area contributed by atoms with Crippen molar-refractivity contribution in [3.8, 4) is 11.4 Å². The smallest absolute Gasteiger partial charge is 0.271 e. The normalized spacial score (nSPS) is 15.8. The molecule has 0 aliphatic carbocycles. The summed E-state index contributed by atoms with van der Waals surface area (Å²) in [6.45, 7) is 3.63. The van der Waals surface area contributed by atoms with Crippen molar-refractivity contribution in [3.63, 3.8) is 0 Å². The lowest BCUT2D eigenvalue weighted by atomic mass is 9.97. The molecule has 0 spiro atoms. The van der Waals surface area contributed by atoms with Gasteiger partial charge in [0, 0.05) is 36.3 Å². The van der Waals surface area contributed by atoms with Gasteiger partial charge in [-0.2, -0.15) is 4.68 Å². The van der Waals surface area contributed by atoms with Crippen molar-refractivity contribution in [1.82, 2.24) is 15.1 Å². The molecular weight excluding hydrogens is 440 g/mol. The molecule has 1 aromatic heterocycles. The quantitative estimate of drug-likeness (QED) is 0.599. The fraction of sp³-hybridized carbons (Fsp3) is 0.320. The Labute approximate surface area is 197 Å². The molecule has 172 valence electrons. The average molecular weight is 467 g/mol. The van der Waals surface area contributed by atoms with E-state index in [4.69, 9.17) is 16.3 Å². The van der Waals surface area contributed by atoms with Gasteiger partial charge in [0.2, 0.25) is 5.91 Å². The number of hydrogen-bond donors (Lipinski definition) is 1. The summed E-state index contributed by atoms with van der Waals surface area (Å²) >= 11 is 6.25. The van der Waals surface area contributed by atoms with E-state index < -0.39 is 0 Å². The van der Waals surface area contributed by atoms with Crippen LogP contribution >= 0.6 is 11.6 Å². The lowest BCUT2D eigenvalue weighted by Gasteiger charge is -2.33. The first-order chi connectivity index (χ1) is 16.0. The van der Waals surface area contributed by atoms with Crippen molar-refractivity contribution in [1.29, 1.82) is 0 Å². The van der Waals surface area contributed by atoms with E-state index in [1.165, 1.54) is 10.7 Å². The number of aromatic nitrogens is 2. The highest BCUT2D eigenvalue weighted by atomic mass is 35.5. The molecule has 33 heavy (non-hydrogen) atoms. The number of piperidine rings is 1. The average Bonchev–Trinajstić information content (AvgIpc) is 2.85. The van der Waals surface area contributed by atoms with E-state index in [1.807, 2.05) is 43.3 Å². The largest absolute Gasteiger partial charge is 0.496 e. The molecule has 0 bridgehead atoms. The van der Waals surface area contributed by atoms with Crippen molar-refractivity contribution in [3.05, 3.63) is 81.1 Å². The summed E-state index contributed by atoms with van der Waals surface area (Å²) < 4.78 is 6.72. The zero-order valence-electron chi connectivity index (χ0n) is 18.8. The summed E-state index contributed by atoms with van der Waals surface area (Å²) in [6, 6.07) is 16.3. The van der Waals surface area contributed by atoms with Crippen LogP contribution in [0.4, 0.5) is 5.82 Å². The van der Waals surface area contributed by atoms with Gasteiger partial charge in [-0.25, -0.2) is 0 Å². The standard InChI is InChI=1S/C25H27ClN4O3/c1-17-9-10-20(14-21(17)26)30-24(31)12-11-23(28-30)29-13-5-7-19(16-29)25(32)27-15-18-6-3-4-8-22(18)33-2/h3-4,6,8-12,14,19H,5,7,13,15-16H2,1-2H3,(H,27,32)/t19-/m1/s1. The van der Waals surface area contributed by atoms with E-state index in [1.54, 1.807) is 19.2 Å². The number of ether oxygens (including phenoxy) is 1. The minimum atomic E-state index is -0.234. The van der Waals surface area contributed by atoms with Gasteiger partial charge in [-0.1, -0.05) is 35.9 Å². The van der Waals surface area contributed by atoms with Gasteiger partial charge in [0.15, 0.2) is 0 Å². The number of benzene rings is 2. The Morgan fingerprint density at radius 2 is 2.03 bits per heavy atom. The van der Waals surface area contributed by atoms with Gasteiger partial charge in [-0.3, -0.25) is 9.59 Å². The van der Waals surface area contributed by atoms with E-state index in [0.29, 0.717) is 29.6 Å². The zero-order valence-corrected chi connectivity index (χ0v) is 19.5. The molecule has 1 aliphatic heterocycles. The highest BCUT2D eigenvalue weighted by Crippen LogP contribution is 2.23. The molecule has 1 saturated heterocycles. The number of halogens is 1. The predicted molar refractivity (Wildman–Crippen MR) is 129 cm³/mol. The van der Waals surface area contributed by atoms with Crippen LogP contribution in [0.1, 0.15) is 24.0 Å². The van der Waals surface area contributed by atoms with Gasteiger partial charge in [0.1, 0.15) is 11.6 Å². The third kappa shape index (κ3) is 5.20. The summed E-state index contributed by atoms with van der Waals surface area (Å²) in [5, 5.41) is 8.19. The van der Waals surface area contributed by atoms with Crippen LogP contribution in [-0.2, 0) is 11.3 Å². The Hall–Kier alpha value is -3.32. The molecule has 8 heteroatoms. The topological polar surface area (TPSA) is 76.5 Å². The number of carbonyl (C=O) groups is 1. The lowest BCUT2D eigenvalue weighted by molar-refractivity contribution is -0.125. The van der Waals surface area contributed by atoms with E-state index in [0.717, 1.165) is 36.3 Å². The zero-order chi connectivity index (χ0) is 23.4. The lowest BCUT2D eigenvalue weighted by Crippen LogP contribution is -2.43. The Kier molecular flexibility index (Phi) is 6.99. The minimum Gasteiger partial charge on any atom is -0.496 e.